The summed E-state index contributed by atoms with van der Waals surface area (Å²) in [5.74, 6) is 0.386. The second-order valence-electron chi connectivity index (χ2n) is 7.46. The molecule has 2 N–H and O–H groups in total. The number of halogens is 2. The van der Waals surface area contributed by atoms with Crippen molar-refractivity contribution in [2.75, 3.05) is 31.6 Å². The molecular weight excluding hydrogens is 367 g/mol. The third-order valence-corrected chi connectivity index (χ3v) is 5.65. The van der Waals surface area contributed by atoms with Crippen LogP contribution < -0.4 is 10.2 Å². The summed E-state index contributed by atoms with van der Waals surface area (Å²) in [7, 11) is 2.00. The van der Waals surface area contributed by atoms with Crippen molar-refractivity contribution in [3.05, 3.63) is 35.2 Å². The molecule has 0 saturated carbocycles. The Bertz CT molecular complexity index is 964. The third-order valence-electron chi connectivity index (χ3n) is 5.36. The molecule has 0 unspecified atom stereocenters. The molecule has 142 valence electrons. The van der Waals surface area contributed by atoms with Gasteiger partial charge in [-0.25, -0.2) is 14.4 Å². The molecule has 6 nitrogen and oxygen atoms in total. The topological polar surface area (TPSA) is 69.7 Å². The summed E-state index contributed by atoms with van der Waals surface area (Å²) in [5, 5.41) is 10.6. The standard InChI is InChI=1S/C19H22ClFN6/c1-19(11-22-2)5-7-27(8-6-19)15-10-23-17-16(25-26-18(17)24-15)12-3-4-14(21)13(20)9-12/h3-4,9-10,22H,5-8,11H2,1-2H3,(H,24,25,26). The highest BCUT2D eigenvalue weighted by Crippen LogP contribution is 2.33. The number of fused-ring (bicyclic) bond motifs is 1. The minimum absolute atomic E-state index is 0.0674. The van der Waals surface area contributed by atoms with E-state index in [1.54, 1.807) is 18.3 Å². The second-order valence-corrected chi connectivity index (χ2v) is 7.86. The average Bonchev–Trinajstić information content (AvgIpc) is 3.08. The van der Waals surface area contributed by atoms with Crippen LogP contribution in [0, 0.1) is 11.2 Å². The predicted molar refractivity (Wildman–Crippen MR) is 106 cm³/mol. The van der Waals surface area contributed by atoms with Gasteiger partial charge in [0.05, 0.1) is 16.9 Å². The van der Waals surface area contributed by atoms with Crippen LogP contribution in [0.15, 0.2) is 24.4 Å². The van der Waals surface area contributed by atoms with E-state index >= 15 is 0 Å². The molecule has 1 aliphatic heterocycles. The smallest absolute Gasteiger partial charge is 0.202 e. The predicted octanol–water partition coefficient (Wildman–Crippen LogP) is 3.64. The number of hydrogen-bond donors (Lipinski definition) is 2. The van der Waals surface area contributed by atoms with E-state index in [2.05, 4.69) is 37.3 Å². The lowest BCUT2D eigenvalue weighted by Crippen LogP contribution is -2.43. The number of piperidine rings is 1. The molecule has 0 aliphatic carbocycles. The summed E-state index contributed by atoms with van der Waals surface area (Å²) >= 11 is 5.90. The number of nitrogens with one attached hydrogen (secondary N) is 2. The van der Waals surface area contributed by atoms with Gasteiger partial charge in [0.2, 0.25) is 5.65 Å². The Morgan fingerprint density at radius 2 is 2.11 bits per heavy atom. The molecule has 1 fully saturated rings. The maximum Gasteiger partial charge on any atom is 0.202 e. The van der Waals surface area contributed by atoms with Crippen molar-refractivity contribution < 1.29 is 4.39 Å². The van der Waals surface area contributed by atoms with E-state index in [0.717, 1.165) is 43.9 Å². The van der Waals surface area contributed by atoms with E-state index in [9.17, 15) is 4.39 Å². The Balaban J connectivity index is 1.59. The summed E-state index contributed by atoms with van der Waals surface area (Å²) in [6.45, 7) is 5.24. The first-order chi connectivity index (χ1) is 13.0. The molecule has 0 atom stereocenters. The minimum Gasteiger partial charge on any atom is -0.355 e. The van der Waals surface area contributed by atoms with E-state index in [0.29, 0.717) is 22.3 Å². The molecule has 1 aliphatic rings. The minimum atomic E-state index is -0.451. The largest absolute Gasteiger partial charge is 0.355 e. The lowest BCUT2D eigenvalue weighted by molar-refractivity contribution is 0.242. The number of hydrogen-bond acceptors (Lipinski definition) is 5. The Labute approximate surface area is 162 Å². The van der Waals surface area contributed by atoms with Crippen LogP contribution in [0.5, 0.6) is 0 Å². The van der Waals surface area contributed by atoms with Crippen molar-refractivity contribution in [1.82, 2.24) is 25.5 Å². The first-order valence-electron chi connectivity index (χ1n) is 9.05. The number of rotatable bonds is 4. The molecule has 3 heterocycles. The quantitative estimate of drug-likeness (QED) is 0.714. The zero-order chi connectivity index (χ0) is 19.0. The number of aromatic nitrogens is 4. The monoisotopic (exact) mass is 388 g/mol. The average molecular weight is 389 g/mol. The molecule has 2 aromatic heterocycles. The normalized spacial score (nSPS) is 16.8. The maximum atomic E-state index is 13.4. The molecule has 0 spiro atoms. The zero-order valence-electron chi connectivity index (χ0n) is 15.4. The number of aromatic amines is 1. The maximum absolute atomic E-state index is 13.4. The van der Waals surface area contributed by atoms with Crippen LogP contribution in [-0.2, 0) is 0 Å². The SMILES string of the molecule is CNCC1(C)CCN(c2cnc3c(-c4ccc(F)c(Cl)c4)[nH]nc3n2)CC1. The van der Waals surface area contributed by atoms with Crippen molar-refractivity contribution in [3.8, 4) is 11.3 Å². The molecule has 8 heteroatoms. The molecule has 0 radical (unpaired) electrons. The number of H-pyrrole nitrogens is 1. The first-order valence-corrected chi connectivity index (χ1v) is 9.43. The van der Waals surface area contributed by atoms with Gasteiger partial charge >= 0.3 is 0 Å². The summed E-state index contributed by atoms with van der Waals surface area (Å²) < 4.78 is 13.4. The summed E-state index contributed by atoms with van der Waals surface area (Å²) in [5.41, 5.74) is 2.94. The molecule has 1 saturated heterocycles. The van der Waals surface area contributed by atoms with E-state index in [-0.39, 0.29) is 5.02 Å². The van der Waals surface area contributed by atoms with Gasteiger partial charge in [-0.1, -0.05) is 18.5 Å². The van der Waals surface area contributed by atoms with E-state index in [4.69, 9.17) is 11.6 Å². The molecular formula is C19H22ClFN6. The highest BCUT2D eigenvalue weighted by atomic mass is 35.5. The molecule has 1 aromatic carbocycles. The number of anilines is 1. The fraction of sp³-hybridized carbons (Fsp3) is 0.421. The van der Waals surface area contributed by atoms with Crippen LogP contribution in [0.3, 0.4) is 0 Å². The molecule has 0 bridgehead atoms. The van der Waals surface area contributed by atoms with Crippen molar-refractivity contribution >= 4 is 28.6 Å². The van der Waals surface area contributed by atoms with Crippen LogP contribution in [0.4, 0.5) is 10.2 Å². The lowest BCUT2D eigenvalue weighted by Gasteiger charge is -2.39. The summed E-state index contributed by atoms with van der Waals surface area (Å²) in [6, 6.07) is 4.55. The van der Waals surface area contributed by atoms with Gasteiger partial charge in [-0.15, -0.1) is 0 Å². The van der Waals surface area contributed by atoms with E-state index in [1.807, 2.05) is 7.05 Å². The Morgan fingerprint density at radius 3 is 2.81 bits per heavy atom. The fourth-order valence-electron chi connectivity index (χ4n) is 3.67. The fourth-order valence-corrected chi connectivity index (χ4v) is 3.85. The van der Waals surface area contributed by atoms with Gasteiger partial charge in [-0.2, -0.15) is 5.10 Å². The number of nitrogens with zero attached hydrogens (tertiary/aromatic N) is 4. The third kappa shape index (κ3) is 3.49. The van der Waals surface area contributed by atoms with Crippen LogP contribution in [-0.4, -0.2) is 46.8 Å². The van der Waals surface area contributed by atoms with Crippen LogP contribution in [0.25, 0.3) is 22.4 Å². The Hall–Kier alpha value is -2.25. The van der Waals surface area contributed by atoms with Crippen molar-refractivity contribution in [2.24, 2.45) is 5.41 Å². The molecule has 27 heavy (non-hydrogen) atoms. The van der Waals surface area contributed by atoms with Gasteiger partial charge < -0.3 is 10.2 Å². The van der Waals surface area contributed by atoms with Crippen molar-refractivity contribution in [3.63, 3.8) is 0 Å². The van der Waals surface area contributed by atoms with Crippen molar-refractivity contribution in [2.45, 2.75) is 19.8 Å². The van der Waals surface area contributed by atoms with Crippen molar-refractivity contribution in [1.29, 1.82) is 0 Å². The van der Waals surface area contributed by atoms with Gasteiger partial charge in [0, 0.05) is 25.2 Å². The highest BCUT2D eigenvalue weighted by molar-refractivity contribution is 6.31. The molecule has 4 rings (SSSR count). The van der Waals surface area contributed by atoms with Crippen LogP contribution in [0.2, 0.25) is 5.02 Å². The second kappa shape index (κ2) is 7.05. The summed E-state index contributed by atoms with van der Waals surface area (Å²) in [6.07, 6.45) is 3.99. The van der Waals surface area contributed by atoms with E-state index < -0.39 is 5.82 Å². The zero-order valence-corrected chi connectivity index (χ0v) is 16.1. The lowest BCUT2D eigenvalue weighted by atomic mass is 9.80. The van der Waals surface area contributed by atoms with Gasteiger partial charge in [0.1, 0.15) is 17.2 Å². The van der Waals surface area contributed by atoms with Gasteiger partial charge in [-0.3, -0.25) is 5.10 Å². The Kier molecular flexibility index (Phi) is 4.74. The van der Waals surface area contributed by atoms with Gasteiger partial charge in [0.15, 0.2) is 0 Å². The number of benzene rings is 1. The molecule has 0 amide bonds. The van der Waals surface area contributed by atoms with Crippen LogP contribution in [0.1, 0.15) is 19.8 Å². The van der Waals surface area contributed by atoms with E-state index in [1.165, 1.54) is 6.07 Å². The highest BCUT2D eigenvalue weighted by Gasteiger charge is 2.30. The molecule has 3 aromatic rings. The Morgan fingerprint density at radius 1 is 1.33 bits per heavy atom. The first kappa shape index (κ1) is 18.1. The van der Waals surface area contributed by atoms with Crippen LogP contribution >= 0.6 is 11.6 Å². The van der Waals surface area contributed by atoms with Gasteiger partial charge in [-0.05, 0) is 43.5 Å². The summed E-state index contributed by atoms with van der Waals surface area (Å²) in [4.78, 5) is 11.5. The van der Waals surface area contributed by atoms with Gasteiger partial charge in [0.25, 0.3) is 0 Å².